The molecule has 1 fully saturated rings. The fourth-order valence-electron chi connectivity index (χ4n) is 2.57. The maximum Gasteiger partial charge on any atom is 0.227 e. The highest BCUT2D eigenvalue weighted by molar-refractivity contribution is 5.46. The Balaban J connectivity index is 1.82. The average Bonchev–Trinajstić information content (AvgIpc) is 3.00. The lowest BCUT2D eigenvalue weighted by atomic mass is 10.3. The quantitative estimate of drug-likeness (QED) is 0.833. The molecule has 1 aliphatic rings. The third-order valence-corrected chi connectivity index (χ3v) is 3.88. The number of anilines is 2. The largest absolute Gasteiger partial charge is 0.378 e. The molecule has 0 saturated carbocycles. The average molecular weight is 317 g/mol. The summed E-state index contributed by atoms with van der Waals surface area (Å²) in [7, 11) is 2.01. The molecule has 23 heavy (non-hydrogen) atoms. The Hall–Kier alpha value is -2.15. The van der Waals surface area contributed by atoms with Crippen LogP contribution in [0.5, 0.6) is 0 Å². The van der Waals surface area contributed by atoms with E-state index in [4.69, 9.17) is 14.2 Å². The first-order valence-electron chi connectivity index (χ1n) is 7.99. The second-order valence-electron chi connectivity index (χ2n) is 5.76. The number of nitrogens with zero attached hydrogens (tertiary/aromatic N) is 5. The van der Waals surface area contributed by atoms with Gasteiger partial charge in [0.15, 0.2) is 0 Å². The number of rotatable bonds is 5. The highest BCUT2D eigenvalue weighted by Gasteiger charge is 2.17. The molecule has 1 aliphatic heterocycles. The Morgan fingerprint density at radius 1 is 1.17 bits per heavy atom. The molecule has 0 aromatic carbocycles. The van der Waals surface area contributed by atoms with Crippen LogP contribution < -0.4 is 9.80 Å². The SMILES string of the molecule is CCc1cc(N(C)Cc2cc(C)on2)nc(N2CCOCC2)n1. The van der Waals surface area contributed by atoms with Crippen LogP contribution in [0.25, 0.3) is 0 Å². The topological polar surface area (TPSA) is 67.5 Å². The fourth-order valence-corrected chi connectivity index (χ4v) is 2.57. The van der Waals surface area contributed by atoms with Gasteiger partial charge in [-0.15, -0.1) is 0 Å². The minimum absolute atomic E-state index is 0.653. The van der Waals surface area contributed by atoms with Crippen LogP contribution >= 0.6 is 0 Å². The van der Waals surface area contributed by atoms with E-state index in [1.54, 1.807) is 0 Å². The summed E-state index contributed by atoms with van der Waals surface area (Å²) in [6, 6.07) is 3.98. The summed E-state index contributed by atoms with van der Waals surface area (Å²) in [5.41, 5.74) is 1.94. The van der Waals surface area contributed by atoms with Crippen LogP contribution in [0, 0.1) is 6.92 Å². The molecule has 0 bridgehead atoms. The molecular formula is C16H23N5O2. The third-order valence-electron chi connectivity index (χ3n) is 3.88. The lowest BCUT2D eigenvalue weighted by Crippen LogP contribution is -2.37. The van der Waals surface area contributed by atoms with E-state index in [9.17, 15) is 0 Å². The molecule has 1 saturated heterocycles. The summed E-state index contributed by atoms with van der Waals surface area (Å²) in [4.78, 5) is 13.7. The molecule has 0 unspecified atom stereocenters. The van der Waals surface area contributed by atoms with Gasteiger partial charge in [0.05, 0.1) is 19.8 Å². The van der Waals surface area contributed by atoms with E-state index < -0.39 is 0 Å². The first kappa shape index (κ1) is 15.7. The van der Waals surface area contributed by atoms with E-state index in [2.05, 4.69) is 26.9 Å². The fraction of sp³-hybridized carbons (Fsp3) is 0.562. The predicted molar refractivity (Wildman–Crippen MR) is 87.8 cm³/mol. The summed E-state index contributed by atoms with van der Waals surface area (Å²) in [5, 5.41) is 4.05. The van der Waals surface area contributed by atoms with Crippen LogP contribution in [0.3, 0.4) is 0 Å². The molecule has 0 atom stereocenters. The number of morpholine rings is 1. The van der Waals surface area contributed by atoms with Crippen LogP contribution in [0.4, 0.5) is 11.8 Å². The highest BCUT2D eigenvalue weighted by atomic mass is 16.5. The highest BCUT2D eigenvalue weighted by Crippen LogP contribution is 2.19. The standard InChI is InChI=1S/C16H23N5O2/c1-4-13-10-15(20(3)11-14-9-12(2)23-19-14)18-16(17-13)21-5-7-22-8-6-21/h9-10H,4-8,11H2,1-3H3. The van der Waals surface area contributed by atoms with Crippen molar-refractivity contribution >= 4 is 11.8 Å². The second kappa shape index (κ2) is 6.95. The minimum atomic E-state index is 0.653. The third kappa shape index (κ3) is 3.79. The minimum Gasteiger partial charge on any atom is -0.378 e. The van der Waals surface area contributed by atoms with Gasteiger partial charge in [-0.05, 0) is 13.3 Å². The van der Waals surface area contributed by atoms with Crippen LogP contribution in [-0.2, 0) is 17.7 Å². The van der Waals surface area contributed by atoms with E-state index in [0.29, 0.717) is 6.54 Å². The van der Waals surface area contributed by atoms with Crippen LogP contribution in [0.15, 0.2) is 16.7 Å². The number of hydrogen-bond donors (Lipinski definition) is 0. The van der Waals surface area contributed by atoms with Crippen LogP contribution in [0.1, 0.15) is 24.1 Å². The molecule has 0 spiro atoms. The Bertz CT molecular complexity index is 652. The smallest absolute Gasteiger partial charge is 0.227 e. The number of hydrogen-bond acceptors (Lipinski definition) is 7. The van der Waals surface area contributed by atoms with Gasteiger partial charge in [0, 0.05) is 38.0 Å². The van der Waals surface area contributed by atoms with Gasteiger partial charge in [-0.3, -0.25) is 0 Å². The summed E-state index contributed by atoms with van der Waals surface area (Å²) in [5.74, 6) is 2.50. The molecule has 3 rings (SSSR count). The van der Waals surface area contributed by atoms with E-state index >= 15 is 0 Å². The van der Waals surface area contributed by atoms with E-state index in [0.717, 1.165) is 61.6 Å². The first-order chi connectivity index (χ1) is 11.2. The van der Waals surface area contributed by atoms with Crippen LogP contribution in [0.2, 0.25) is 0 Å². The lowest BCUT2D eigenvalue weighted by Gasteiger charge is -2.28. The summed E-state index contributed by atoms with van der Waals surface area (Å²) >= 11 is 0. The van der Waals surface area contributed by atoms with Crippen molar-refractivity contribution in [2.24, 2.45) is 0 Å². The Kier molecular flexibility index (Phi) is 4.76. The van der Waals surface area contributed by atoms with Gasteiger partial charge < -0.3 is 19.1 Å². The summed E-state index contributed by atoms with van der Waals surface area (Å²) in [6.07, 6.45) is 0.879. The van der Waals surface area contributed by atoms with Gasteiger partial charge in [0.25, 0.3) is 0 Å². The molecule has 3 heterocycles. The van der Waals surface area contributed by atoms with Gasteiger partial charge in [-0.1, -0.05) is 12.1 Å². The zero-order chi connectivity index (χ0) is 16.2. The van der Waals surface area contributed by atoms with Crippen molar-refractivity contribution in [1.29, 1.82) is 0 Å². The van der Waals surface area contributed by atoms with Crippen molar-refractivity contribution in [1.82, 2.24) is 15.1 Å². The van der Waals surface area contributed by atoms with E-state index in [-0.39, 0.29) is 0 Å². The molecule has 0 aliphatic carbocycles. The number of aryl methyl sites for hydroxylation is 2. The molecule has 124 valence electrons. The number of aromatic nitrogens is 3. The van der Waals surface area contributed by atoms with Crippen molar-refractivity contribution in [2.45, 2.75) is 26.8 Å². The van der Waals surface area contributed by atoms with Crippen molar-refractivity contribution < 1.29 is 9.26 Å². The molecule has 0 N–H and O–H groups in total. The van der Waals surface area contributed by atoms with Crippen molar-refractivity contribution in [3.63, 3.8) is 0 Å². The molecule has 0 amide bonds. The normalized spacial score (nSPS) is 15.0. The molecular weight excluding hydrogens is 294 g/mol. The molecule has 0 radical (unpaired) electrons. The van der Waals surface area contributed by atoms with Crippen molar-refractivity contribution in [3.8, 4) is 0 Å². The van der Waals surface area contributed by atoms with Crippen LogP contribution in [-0.4, -0.2) is 48.5 Å². The molecule has 7 heteroatoms. The second-order valence-corrected chi connectivity index (χ2v) is 5.76. The number of ether oxygens (including phenoxy) is 1. The van der Waals surface area contributed by atoms with Gasteiger partial charge in [0.2, 0.25) is 5.95 Å². The van der Waals surface area contributed by atoms with Gasteiger partial charge in [-0.2, -0.15) is 4.98 Å². The van der Waals surface area contributed by atoms with E-state index in [1.165, 1.54) is 0 Å². The monoisotopic (exact) mass is 317 g/mol. The van der Waals surface area contributed by atoms with Crippen molar-refractivity contribution in [3.05, 3.63) is 29.3 Å². The maximum atomic E-state index is 5.41. The Morgan fingerprint density at radius 2 is 1.96 bits per heavy atom. The van der Waals surface area contributed by atoms with Crippen molar-refractivity contribution in [2.75, 3.05) is 43.2 Å². The maximum absolute atomic E-state index is 5.41. The predicted octanol–water partition coefficient (Wildman–Crippen LogP) is 1.81. The zero-order valence-corrected chi connectivity index (χ0v) is 13.9. The molecule has 7 nitrogen and oxygen atoms in total. The van der Waals surface area contributed by atoms with Gasteiger partial charge in [0.1, 0.15) is 17.3 Å². The first-order valence-corrected chi connectivity index (χ1v) is 7.99. The molecule has 2 aromatic rings. The van der Waals surface area contributed by atoms with Gasteiger partial charge >= 0.3 is 0 Å². The Morgan fingerprint density at radius 3 is 2.61 bits per heavy atom. The zero-order valence-electron chi connectivity index (χ0n) is 13.9. The Labute approximate surface area is 136 Å². The van der Waals surface area contributed by atoms with Gasteiger partial charge in [-0.25, -0.2) is 4.98 Å². The summed E-state index contributed by atoms with van der Waals surface area (Å²) in [6.45, 7) is 7.77. The van der Waals surface area contributed by atoms with E-state index in [1.807, 2.05) is 26.1 Å². The lowest BCUT2D eigenvalue weighted by molar-refractivity contribution is 0.122. The summed E-state index contributed by atoms with van der Waals surface area (Å²) < 4.78 is 10.5. The molecule has 2 aromatic heterocycles.